The van der Waals surface area contributed by atoms with Crippen molar-refractivity contribution < 1.29 is 9.53 Å². The Kier molecular flexibility index (Phi) is 6.23. The fourth-order valence-corrected chi connectivity index (χ4v) is 2.11. The zero-order chi connectivity index (χ0) is 11.8. The van der Waals surface area contributed by atoms with Gasteiger partial charge in [-0.1, -0.05) is 13.3 Å². The standard InChI is InChI=1S/C12H24N2O2/c1-3-4-7-13-12(15)14-8-5-6-11(9-14)10-16-2/h11H,3-10H2,1-2H3,(H,13,15)/t11-/m1/s1. The number of amides is 2. The minimum Gasteiger partial charge on any atom is -0.384 e. The van der Waals surface area contributed by atoms with Gasteiger partial charge in [-0.3, -0.25) is 0 Å². The molecular weight excluding hydrogens is 204 g/mol. The van der Waals surface area contributed by atoms with E-state index < -0.39 is 0 Å². The van der Waals surface area contributed by atoms with E-state index in [4.69, 9.17) is 4.74 Å². The Balaban J connectivity index is 2.26. The third-order valence-corrected chi connectivity index (χ3v) is 3.02. The molecule has 0 aromatic heterocycles. The molecule has 0 aromatic rings. The lowest BCUT2D eigenvalue weighted by Gasteiger charge is -2.32. The van der Waals surface area contributed by atoms with Crippen LogP contribution in [0.2, 0.25) is 0 Å². The second-order valence-electron chi connectivity index (χ2n) is 4.50. The number of nitrogens with zero attached hydrogens (tertiary/aromatic N) is 1. The highest BCUT2D eigenvalue weighted by Crippen LogP contribution is 2.16. The number of urea groups is 1. The molecule has 4 heteroatoms. The van der Waals surface area contributed by atoms with Gasteiger partial charge in [-0.25, -0.2) is 4.79 Å². The first-order valence-electron chi connectivity index (χ1n) is 6.29. The summed E-state index contributed by atoms with van der Waals surface area (Å²) in [7, 11) is 1.72. The van der Waals surface area contributed by atoms with E-state index in [1.54, 1.807) is 7.11 Å². The molecule has 0 bridgehead atoms. The number of likely N-dealkylation sites (tertiary alicyclic amines) is 1. The molecule has 4 nitrogen and oxygen atoms in total. The Hall–Kier alpha value is -0.770. The van der Waals surface area contributed by atoms with Gasteiger partial charge in [-0.05, 0) is 19.3 Å². The summed E-state index contributed by atoms with van der Waals surface area (Å²) in [4.78, 5) is 13.7. The van der Waals surface area contributed by atoms with Crippen LogP contribution in [0.3, 0.4) is 0 Å². The predicted molar refractivity (Wildman–Crippen MR) is 64.5 cm³/mol. The lowest BCUT2D eigenvalue weighted by atomic mass is 9.99. The van der Waals surface area contributed by atoms with Gasteiger partial charge in [0.05, 0.1) is 6.61 Å². The van der Waals surface area contributed by atoms with Crippen molar-refractivity contribution in [1.29, 1.82) is 0 Å². The largest absolute Gasteiger partial charge is 0.384 e. The SMILES string of the molecule is CCCCNC(=O)N1CCC[C@@H](COC)C1. The highest BCUT2D eigenvalue weighted by atomic mass is 16.5. The minimum atomic E-state index is 0.0919. The van der Waals surface area contributed by atoms with Crippen molar-refractivity contribution in [3.05, 3.63) is 0 Å². The molecule has 0 aromatic carbocycles. The molecule has 1 heterocycles. The van der Waals surface area contributed by atoms with Gasteiger partial charge in [0, 0.05) is 32.7 Å². The quantitative estimate of drug-likeness (QED) is 0.730. The van der Waals surface area contributed by atoms with Crippen LogP contribution in [0, 0.1) is 5.92 Å². The monoisotopic (exact) mass is 228 g/mol. The third-order valence-electron chi connectivity index (χ3n) is 3.02. The maximum absolute atomic E-state index is 11.8. The van der Waals surface area contributed by atoms with E-state index in [0.717, 1.165) is 45.5 Å². The molecule has 0 unspecified atom stereocenters. The smallest absolute Gasteiger partial charge is 0.317 e. The second-order valence-corrected chi connectivity index (χ2v) is 4.50. The number of rotatable bonds is 5. The normalized spacial score (nSPS) is 20.9. The molecule has 2 amide bonds. The molecule has 1 rings (SSSR count). The number of ether oxygens (including phenoxy) is 1. The molecule has 1 N–H and O–H groups in total. The van der Waals surface area contributed by atoms with Crippen LogP contribution in [0.4, 0.5) is 4.79 Å². The van der Waals surface area contributed by atoms with Crippen LogP contribution in [-0.4, -0.2) is 44.3 Å². The second kappa shape index (κ2) is 7.49. The van der Waals surface area contributed by atoms with E-state index in [0.29, 0.717) is 5.92 Å². The van der Waals surface area contributed by atoms with Crippen LogP contribution in [0.5, 0.6) is 0 Å². The Morgan fingerprint density at radius 3 is 3.06 bits per heavy atom. The summed E-state index contributed by atoms with van der Waals surface area (Å²) in [6, 6.07) is 0.0919. The van der Waals surface area contributed by atoms with Crippen molar-refractivity contribution in [3.63, 3.8) is 0 Å². The Labute approximate surface area is 98.3 Å². The molecule has 1 saturated heterocycles. The molecule has 0 saturated carbocycles. The number of carbonyl (C=O) groups is 1. The Bertz CT molecular complexity index is 207. The van der Waals surface area contributed by atoms with Crippen molar-refractivity contribution in [2.24, 2.45) is 5.92 Å². The van der Waals surface area contributed by atoms with Crippen LogP contribution in [0.15, 0.2) is 0 Å². The summed E-state index contributed by atoms with van der Waals surface area (Å²) in [5, 5.41) is 2.96. The Morgan fingerprint density at radius 1 is 1.56 bits per heavy atom. The summed E-state index contributed by atoms with van der Waals surface area (Å²) in [5.41, 5.74) is 0. The minimum absolute atomic E-state index is 0.0919. The molecular formula is C12H24N2O2. The van der Waals surface area contributed by atoms with Gasteiger partial charge < -0.3 is 15.0 Å². The first-order chi connectivity index (χ1) is 7.77. The lowest BCUT2D eigenvalue weighted by molar-refractivity contribution is 0.100. The molecule has 0 spiro atoms. The number of hydrogen-bond acceptors (Lipinski definition) is 2. The van der Waals surface area contributed by atoms with Gasteiger partial charge in [-0.2, -0.15) is 0 Å². The number of methoxy groups -OCH3 is 1. The molecule has 94 valence electrons. The predicted octanol–water partition coefficient (Wildman–Crippen LogP) is 1.85. The van der Waals surface area contributed by atoms with Crippen molar-refractivity contribution in [2.45, 2.75) is 32.6 Å². The summed E-state index contributed by atoms with van der Waals surface area (Å²) in [5.74, 6) is 0.510. The van der Waals surface area contributed by atoms with Crippen LogP contribution >= 0.6 is 0 Å². The molecule has 1 aliphatic heterocycles. The summed E-state index contributed by atoms with van der Waals surface area (Å²) >= 11 is 0. The van der Waals surface area contributed by atoms with Crippen LogP contribution < -0.4 is 5.32 Å². The maximum Gasteiger partial charge on any atom is 0.317 e. The van der Waals surface area contributed by atoms with E-state index in [2.05, 4.69) is 12.2 Å². The van der Waals surface area contributed by atoms with Crippen LogP contribution in [0.25, 0.3) is 0 Å². The van der Waals surface area contributed by atoms with Crippen molar-refractivity contribution in [2.75, 3.05) is 33.4 Å². The third kappa shape index (κ3) is 4.39. The van der Waals surface area contributed by atoms with Gasteiger partial charge in [0.2, 0.25) is 0 Å². The molecule has 1 fully saturated rings. The average molecular weight is 228 g/mol. The zero-order valence-electron chi connectivity index (χ0n) is 10.5. The van der Waals surface area contributed by atoms with E-state index in [1.165, 1.54) is 6.42 Å². The fourth-order valence-electron chi connectivity index (χ4n) is 2.11. The van der Waals surface area contributed by atoms with Crippen LogP contribution in [0.1, 0.15) is 32.6 Å². The highest BCUT2D eigenvalue weighted by molar-refractivity contribution is 5.74. The number of carbonyl (C=O) groups excluding carboxylic acids is 1. The Morgan fingerprint density at radius 2 is 2.38 bits per heavy atom. The van der Waals surface area contributed by atoms with Crippen LogP contribution in [-0.2, 0) is 4.74 Å². The first kappa shape index (κ1) is 13.3. The van der Waals surface area contributed by atoms with Gasteiger partial charge >= 0.3 is 6.03 Å². The van der Waals surface area contributed by atoms with Gasteiger partial charge in [0.15, 0.2) is 0 Å². The number of hydrogen-bond donors (Lipinski definition) is 1. The first-order valence-corrected chi connectivity index (χ1v) is 6.29. The van der Waals surface area contributed by atoms with E-state index in [-0.39, 0.29) is 6.03 Å². The van der Waals surface area contributed by atoms with Gasteiger partial charge in [0.25, 0.3) is 0 Å². The maximum atomic E-state index is 11.8. The highest BCUT2D eigenvalue weighted by Gasteiger charge is 2.22. The molecule has 0 radical (unpaired) electrons. The number of piperidine rings is 1. The zero-order valence-corrected chi connectivity index (χ0v) is 10.5. The van der Waals surface area contributed by atoms with E-state index in [9.17, 15) is 4.79 Å². The average Bonchev–Trinajstić information content (AvgIpc) is 2.30. The van der Waals surface area contributed by atoms with Crippen molar-refractivity contribution in [1.82, 2.24) is 10.2 Å². The number of unbranched alkanes of at least 4 members (excludes halogenated alkanes) is 1. The number of nitrogens with one attached hydrogen (secondary N) is 1. The topological polar surface area (TPSA) is 41.6 Å². The molecule has 1 atom stereocenters. The lowest BCUT2D eigenvalue weighted by Crippen LogP contribution is -2.46. The summed E-state index contributed by atoms with van der Waals surface area (Å²) < 4.78 is 5.15. The molecule has 16 heavy (non-hydrogen) atoms. The van der Waals surface area contributed by atoms with Crippen molar-refractivity contribution in [3.8, 4) is 0 Å². The van der Waals surface area contributed by atoms with Gasteiger partial charge in [0.1, 0.15) is 0 Å². The molecule has 0 aliphatic carbocycles. The summed E-state index contributed by atoms with van der Waals surface area (Å²) in [6.07, 6.45) is 4.44. The molecule has 1 aliphatic rings. The van der Waals surface area contributed by atoms with Gasteiger partial charge in [-0.15, -0.1) is 0 Å². The van der Waals surface area contributed by atoms with Crippen molar-refractivity contribution >= 4 is 6.03 Å². The van der Waals surface area contributed by atoms with E-state index in [1.807, 2.05) is 4.90 Å². The summed E-state index contributed by atoms with van der Waals surface area (Å²) in [6.45, 7) is 5.41. The van der Waals surface area contributed by atoms with E-state index >= 15 is 0 Å². The fraction of sp³-hybridized carbons (Fsp3) is 0.917.